The summed E-state index contributed by atoms with van der Waals surface area (Å²) in [6.45, 7) is 13.8. The van der Waals surface area contributed by atoms with E-state index in [0.29, 0.717) is 0 Å². The first-order valence-electron chi connectivity index (χ1n) is 8.05. The molecule has 0 amide bonds. The van der Waals surface area contributed by atoms with Gasteiger partial charge >= 0.3 is 5.97 Å². The minimum absolute atomic E-state index is 0.143. The van der Waals surface area contributed by atoms with Gasteiger partial charge < -0.3 is 14.8 Å². The predicted octanol–water partition coefficient (Wildman–Crippen LogP) is 3.21. The Morgan fingerprint density at radius 3 is 2.67 bits per heavy atom. The normalized spacial score (nSPS) is 20.9. The van der Waals surface area contributed by atoms with Crippen LogP contribution in [0, 0.1) is 0 Å². The van der Waals surface area contributed by atoms with Crippen LogP contribution in [0.15, 0.2) is 12.2 Å². The number of nitrogens with one attached hydrogen (secondary N) is 1. The van der Waals surface area contributed by atoms with Crippen molar-refractivity contribution in [2.75, 3.05) is 13.1 Å². The van der Waals surface area contributed by atoms with E-state index in [-0.39, 0.29) is 24.6 Å². The summed E-state index contributed by atoms with van der Waals surface area (Å²) in [7, 11) is 0. The number of ether oxygens (including phenoxy) is 2. The second-order valence-electron chi connectivity index (χ2n) is 6.85. The van der Waals surface area contributed by atoms with Crippen LogP contribution < -0.4 is 5.32 Å². The van der Waals surface area contributed by atoms with E-state index < -0.39 is 5.60 Å². The van der Waals surface area contributed by atoms with Crippen molar-refractivity contribution in [3.05, 3.63) is 12.2 Å². The van der Waals surface area contributed by atoms with E-state index in [0.717, 1.165) is 37.9 Å². The van der Waals surface area contributed by atoms with E-state index in [9.17, 15) is 4.79 Å². The maximum absolute atomic E-state index is 11.8. The summed E-state index contributed by atoms with van der Waals surface area (Å²) in [6, 6.07) is 0. The number of hydrogen-bond acceptors (Lipinski definition) is 4. The Bertz CT molecular complexity index is 340. The zero-order chi connectivity index (χ0) is 15.9. The van der Waals surface area contributed by atoms with Gasteiger partial charge in [0.2, 0.25) is 0 Å². The first-order chi connectivity index (χ1) is 9.80. The molecule has 1 aliphatic heterocycles. The monoisotopic (exact) mass is 297 g/mol. The summed E-state index contributed by atoms with van der Waals surface area (Å²) in [5.41, 5.74) is 0.450. The molecule has 4 heteroatoms. The van der Waals surface area contributed by atoms with Gasteiger partial charge in [-0.2, -0.15) is 0 Å². The second-order valence-corrected chi connectivity index (χ2v) is 6.85. The average Bonchev–Trinajstić information content (AvgIpc) is 2.36. The molecule has 0 aromatic rings. The highest BCUT2D eigenvalue weighted by Crippen LogP contribution is 2.19. The van der Waals surface area contributed by atoms with Gasteiger partial charge in [-0.3, -0.25) is 4.79 Å². The van der Waals surface area contributed by atoms with Crippen molar-refractivity contribution in [3.63, 3.8) is 0 Å². The quantitative estimate of drug-likeness (QED) is 0.579. The molecule has 21 heavy (non-hydrogen) atoms. The van der Waals surface area contributed by atoms with Crippen molar-refractivity contribution in [1.29, 1.82) is 0 Å². The number of carbonyl (C=O) groups excluding carboxylic acids is 1. The first-order valence-corrected chi connectivity index (χ1v) is 8.05. The molecule has 4 nitrogen and oxygen atoms in total. The molecule has 0 aliphatic carbocycles. The summed E-state index contributed by atoms with van der Waals surface area (Å²) in [6.07, 6.45) is 4.65. The molecule has 1 N–H and O–H groups in total. The molecule has 0 spiro atoms. The van der Waals surface area contributed by atoms with Crippen LogP contribution >= 0.6 is 0 Å². The number of rotatable bonds is 7. The Hall–Kier alpha value is -0.870. The van der Waals surface area contributed by atoms with Crippen LogP contribution in [0.2, 0.25) is 0 Å². The van der Waals surface area contributed by atoms with Crippen LogP contribution in [0.4, 0.5) is 0 Å². The highest BCUT2D eigenvalue weighted by atomic mass is 16.6. The topological polar surface area (TPSA) is 47.6 Å². The standard InChI is InChI=1S/C17H31NO3/c1-6-14(20-15-8-7-9-18-12-15)10-13(2)11-16(19)21-17(3,4)5/h14-15,18H,2,6-12H2,1,3-5H3. The minimum Gasteiger partial charge on any atom is -0.460 e. The fraction of sp³-hybridized carbons (Fsp3) is 0.824. The van der Waals surface area contributed by atoms with Crippen molar-refractivity contribution in [1.82, 2.24) is 5.32 Å². The van der Waals surface area contributed by atoms with Gasteiger partial charge in [0.25, 0.3) is 0 Å². The molecule has 2 unspecified atom stereocenters. The molecule has 0 aromatic heterocycles. The van der Waals surface area contributed by atoms with Crippen LogP contribution in [0.25, 0.3) is 0 Å². The minimum atomic E-state index is -0.439. The Morgan fingerprint density at radius 2 is 2.14 bits per heavy atom. The van der Waals surface area contributed by atoms with E-state index in [2.05, 4.69) is 18.8 Å². The molecule has 1 aliphatic rings. The van der Waals surface area contributed by atoms with Gasteiger partial charge in [-0.1, -0.05) is 19.1 Å². The maximum atomic E-state index is 11.8. The molecule has 2 atom stereocenters. The van der Waals surface area contributed by atoms with Gasteiger partial charge in [0.1, 0.15) is 5.60 Å². The van der Waals surface area contributed by atoms with Gasteiger partial charge in [0.05, 0.1) is 18.6 Å². The predicted molar refractivity (Wildman–Crippen MR) is 85.3 cm³/mol. The number of hydrogen-bond donors (Lipinski definition) is 1. The van der Waals surface area contributed by atoms with Crippen molar-refractivity contribution in [2.24, 2.45) is 0 Å². The Morgan fingerprint density at radius 1 is 1.43 bits per heavy atom. The van der Waals surface area contributed by atoms with E-state index in [1.165, 1.54) is 6.42 Å². The Balaban J connectivity index is 2.34. The lowest BCUT2D eigenvalue weighted by atomic mass is 10.0. The summed E-state index contributed by atoms with van der Waals surface area (Å²) in [4.78, 5) is 11.8. The zero-order valence-corrected chi connectivity index (χ0v) is 14.0. The molecule has 0 bridgehead atoms. The van der Waals surface area contributed by atoms with E-state index >= 15 is 0 Å². The molecule has 1 heterocycles. The van der Waals surface area contributed by atoms with Crippen LogP contribution in [0.3, 0.4) is 0 Å². The summed E-state index contributed by atoms with van der Waals surface area (Å²) in [5, 5.41) is 3.35. The van der Waals surface area contributed by atoms with Gasteiger partial charge in [-0.25, -0.2) is 0 Å². The number of piperidine rings is 1. The second kappa shape index (κ2) is 8.54. The fourth-order valence-electron chi connectivity index (χ4n) is 2.47. The summed E-state index contributed by atoms with van der Waals surface area (Å²) < 4.78 is 11.4. The highest BCUT2D eigenvalue weighted by molar-refractivity contribution is 5.72. The third kappa shape index (κ3) is 8.22. The molecule has 122 valence electrons. The maximum Gasteiger partial charge on any atom is 0.310 e. The molecule has 1 fully saturated rings. The molecular formula is C17H31NO3. The smallest absolute Gasteiger partial charge is 0.310 e. The van der Waals surface area contributed by atoms with Gasteiger partial charge in [-0.15, -0.1) is 0 Å². The van der Waals surface area contributed by atoms with E-state index in [1.807, 2.05) is 20.8 Å². The number of esters is 1. The lowest BCUT2D eigenvalue weighted by Gasteiger charge is -2.28. The fourth-order valence-corrected chi connectivity index (χ4v) is 2.47. The first kappa shape index (κ1) is 18.2. The van der Waals surface area contributed by atoms with Crippen molar-refractivity contribution in [2.45, 2.75) is 77.6 Å². The van der Waals surface area contributed by atoms with E-state index in [4.69, 9.17) is 9.47 Å². The van der Waals surface area contributed by atoms with Crippen LogP contribution in [0.1, 0.15) is 59.8 Å². The molecule has 1 rings (SSSR count). The van der Waals surface area contributed by atoms with Crippen molar-refractivity contribution >= 4 is 5.97 Å². The summed E-state index contributed by atoms with van der Waals surface area (Å²) >= 11 is 0. The molecular weight excluding hydrogens is 266 g/mol. The van der Waals surface area contributed by atoms with Crippen molar-refractivity contribution in [3.8, 4) is 0 Å². The van der Waals surface area contributed by atoms with E-state index in [1.54, 1.807) is 0 Å². The number of carbonyl (C=O) groups is 1. The molecule has 0 saturated carbocycles. The lowest BCUT2D eigenvalue weighted by molar-refractivity contribution is -0.154. The highest BCUT2D eigenvalue weighted by Gasteiger charge is 2.21. The van der Waals surface area contributed by atoms with Gasteiger partial charge in [0.15, 0.2) is 0 Å². The summed E-state index contributed by atoms with van der Waals surface area (Å²) in [5.74, 6) is -0.207. The Labute approximate surface area is 129 Å². The lowest BCUT2D eigenvalue weighted by Crippen LogP contribution is -2.37. The third-order valence-electron chi connectivity index (χ3n) is 3.42. The molecule has 0 radical (unpaired) electrons. The van der Waals surface area contributed by atoms with Gasteiger partial charge in [-0.05, 0) is 53.0 Å². The average molecular weight is 297 g/mol. The van der Waals surface area contributed by atoms with Crippen LogP contribution in [-0.2, 0) is 14.3 Å². The third-order valence-corrected chi connectivity index (χ3v) is 3.42. The van der Waals surface area contributed by atoms with Crippen LogP contribution in [0.5, 0.6) is 0 Å². The van der Waals surface area contributed by atoms with Crippen molar-refractivity contribution < 1.29 is 14.3 Å². The zero-order valence-electron chi connectivity index (χ0n) is 14.0. The Kier molecular flexibility index (Phi) is 7.40. The largest absolute Gasteiger partial charge is 0.460 e. The van der Waals surface area contributed by atoms with Gasteiger partial charge in [0, 0.05) is 6.54 Å². The SMILES string of the molecule is C=C(CC(=O)OC(C)(C)C)CC(CC)OC1CCCNC1. The molecule has 1 saturated heterocycles. The van der Waals surface area contributed by atoms with Crippen LogP contribution in [-0.4, -0.2) is 36.9 Å². The molecule has 0 aromatic carbocycles.